The number of nitrogens with zero attached hydrogens (tertiary/aromatic N) is 1. The van der Waals surface area contributed by atoms with Crippen LogP contribution in [0, 0.1) is 0 Å². The smallest absolute Gasteiger partial charge is 0.150 e. The van der Waals surface area contributed by atoms with Gasteiger partial charge in [0.2, 0.25) is 0 Å². The molecule has 0 saturated carbocycles. The number of hydrogen-bond donors (Lipinski definition) is 0. The lowest BCUT2D eigenvalue weighted by atomic mass is 10.2. The average Bonchev–Trinajstić information content (AvgIpc) is 2.96. The molecule has 1 heterocycles. The predicted molar refractivity (Wildman–Crippen MR) is 96.3 cm³/mol. The Bertz CT molecular complexity index is 723. The van der Waals surface area contributed by atoms with E-state index >= 15 is 0 Å². The number of thiazole rings is 1. The van der Waals surface area contributed by atoms with Crippen molar-refractivity contribution < 1.29 is 0 Å². The van der Waals surface area contributed by atoms with E-state index in [1.54, 1.807) is 23.1 Å². The van der Waals surface area contributed by atoms with Gasteiger partial charge in [0.25, 0.3) is 0 Å². The molecule has 106 valence electrons. The summed E-state index contributed by atoms with van der Waals surface area (Å²) in [5.41, 5.74) is 3.41. The van der Waals surface area contributed by atoms with Gasteiger partial charge in [-0.15, -0.1) is 11.3 Å². The summed E-state index contributed by atoms with van der Waals surface area (Å²) in [6.45, 7) is 0. The monoisotopic (exact) mass is 395 g/mol. The second kappa shape index (κ2) is 6.97. The molecule has 2 aromatic carbocycles. The topological polar surface area (TPSA) is 12.9 Å². The van der Waals surface area contributed by atoms with E-state index in [9.17, 15) is 0 Å². The Labute approximate surface area is 145 Å². The van der Waals surface area contributed by atoms with Crippen molar-refractivity contribution in [2.24, 2.45) is 0 Å². The highest BCUT2D eigenvalue weighted by atomic mass is 79.9. The molecule has 0 N–H and O–H groups in total. The van der Waals surface area contributed by atoms with Crippen molar-refractivity contribution in [3.63, 3.8) is 0 Å². The molecule has 21 heavy (non-hydrogen) atoms. The third-order valence-corrected chi connectivity index (χ3v) is 5.77. The highest BCUT2D eigenvalue weighted by Gasteiger charge is 2.05. The van der Waals surface area contributed by atoms with Gasteiger partial charge in [-0.2, -0.15) is 0 Å². The van der Waals surface area contributed by atoms with Crippen LogP contribution in [0.15, 0.2) is 62.7 Å². The summed E-state index contributed by atoms with van der Waals surface area (Å²) >= 11 is 12.8. The Morgan fingerprint density at radius 2 is 1.76 bits per heavy atom. The molecule has 1 nitrogen and oxygen atoms in total. The van der Waals surface area contributed by atoms with E-state index in [1.165, 1.54) is 5.56 Å². The van der Waals surface area contributed by atoms with Gasteiger partial charge >= 0.3 is 0 Å². The molecule has 1 aromatic heterocycles. The molecule has 0 aliphatic rings. The maximum atomic E-state index is 5.91. The van der Waals surface area contributed by atoms with Gasteiger partial charge < -0.3 is 0 Å². The molecule has 0 radical (unpaired) electrons. The van der Waals surface area contributed by atoms with Crippen LogP contribution >= 0.6 is 50.6 Å². The second-order valence-electron chi connectivity index (χ2n) is 4.42. The molecule has 0 unspecified atom stereocenters. The van der Waals surface area contributed by atoms with E-state index in [4.69, 9.17) is 11.6 Å². The number of rotatable bonds is 4. The maximum absolute atomic E-state index is 5.91. The van der Waals surface area contributed by atoms with Crippen LogP contribution in [0.1, 0.15) is 5.56 Å². The normalized spacial score (nSPS) is 10.8. The highest BCUT2D eigenvalue weighted by Crippen LogP contribution is 2.30. The highest BCUT2D eigenvalue weighted by molar-refractivity contribution is 9.10. The standard InChI is InChI=1S/C16H11BrClNS2/c17-13-5-1-11(2-6-13)9-20-16-19-15(10-21-16)12-3-7-14(18)8-4-12/h1-8,10H,9H2. The average molecular weight is 397 g/mol. The maximum Gasteiger partial charge on any atom is 0.150 e. The third kappa shape index (κ3) is 4.10. The molecule has 0 spiro atoms. The first-order valence-electron chi connectivity index (χ1n) is 6.29. The zero-order valence-corrected chi connectivity index (χ0v) is 14.9. The van der Waals surface area contributed by atoms with Crippen LogP contribution in [0.3, 0.4) is 0 Å². The fourth-order valence-electron chi connectivity index (χ4n) is 1.80. The Balaban J connectivity index is 1.67. The predicted octanol–water partition coefficient (Wildman–Crippen LogP) is 6.52. The summed E-state index contributed by atoms with van der Waals surface area (Å²) in [7, 11) is 0. The van der Waals surface area contributed by atoms with Crippen molar-refractivity contribution in [2.75, 3.05) is 0 Å². The second-order valence-corrected chi connectivity index (χ2v) is 7.85. The molecule has 0 aliphatic heterocycles. The zero-order chi connectivity index (χ0) is 14.7. The van der Waals surface area contributed by atoms with Crippen molar-refractivity contribution >= 4 is 50.6 Å². The van der Waals surface area contributed by atoms with Crippen molar-refractivity contribution in [3.8, 4) is 11.3 Å². The summed E-state index contributed by atoms with van der Waals surface area (Å²) in [5, 5.41) is 2.84. The van der Waals surface area contributed by atoms with E-state index in [2.05, 4.69) is 50.6 Å². The number of halogens is 2. The summed E-state index contributed by atoms with van der Waals surface area (Å²) in [6.07, 6.45) is 0. The van der Waals surface area contributed by atoms with Crippen LogP contribution in [0.5, 0.6) is 0 Å². The fraction of sp³-hybridized carbons (Fsp3) is 0.0625. The molecular formula is C16H11BrClNS2. The molecule has 0 aliphatic carbocycles. The lowest BCUT2D eigenvalue weighted by Crippen LogP contribution is -1.80. The Hall–Kier alpha value is -0.810. The molecule has 5 heteroatoms. The number of aromatic nitrogens is 1. The van der Waals surface area contributed by atoms with Crippen molar-refractivity contribution in [1.29, 1.82) is 0 Å². The molecule has 0 fully saturated rings. The quantitative estimate of drug-likeness (QED) is 0.466. The Kier molecular flexibility index (Phi) is 5.01. The van der Waals surface area contributed by atoms with Gasteiger partial charge in [0.1, 0.15) is 0 Å². The third-order valence-electron chi connectivity index (χ3n) is 2.90. The van der Waals surface area contributed by atoms with Gasteiger partial charge in [-0.1, -0.05) is 63.6 Å². The summed E-state index contributed by atoms with van der Waals surface area (Å²) in [6, 6.07) is 16.2. The Morgan fingerprint density at radius 3 is 2.48 bits per heavy atom. The SMILES string of the molecule is Clc1ccc(-c2csc(SCc3ccc(Br)cc3)n2)cc1. The minimum atomic E-state index is 0.749. The summed E-state index contributed by atoms with van der Waals surface area (Å²) in [5.74, 6) is 0.931. The number of hydrogen-bond acceptors (Lipinski definition) is 3. The molecule has 0 saturated heterocycles. The van der Waals surface area contributed by atoms with Gasteiger partial charge in [0.15, 0.2) is 4.34 Å². The molecule has 3 aromatic rings. The Morgan fingerprint density at radius 1 is 1.05 bits per heavy atom. The van der Waals surface area contributed by atoms with Crippen molar-refractivity contribution in [1.82, 2.24) is 4.98 Å². The largest absolute Gasteiger partial charge is 0.230 e. The lowest BCUT2D eigenvalue weighted by molar-refractivity contribution is 1.24. The first-order chi connectivity index (χ1) is 10.2. The van der Waals surface area contributed by atoms with Crippen molar-refractivity contribution in [3.05, 3.63) is 69.0 Å². The van der Waals surface area contributed by atoms with Crippen LogP contribution < -0.4 is 0 Å². The van der Waals surface area contributed by atoms with Crippen LogP contribution in [0.2, 0.25) is 5.02 Å². The first-order valence-corrected chi connectivity index (χ1v) is 9.33. The zero-order valence-electron chi connectivity index (χ0n) is 10.9. The van der Waals surface area contributed by atoms with E-state index in [0.29, 0.717) is 0 Å². The molecule has 0 atom stereocenters. The van der Waals surface area contributed by atoms with Gasteiger partial charge in [-0.25, -0.2) is 4.98 Å². The van der Waals surface area contributed by atoms with Crippen LogP contribution in [0.25, 0.3) is 11.3 Å². The van der Waals surface area contributed by atoms with Gasteiger partial charge in [0.05, 0.1) is 5.69 Å². The van der Waals surface area contributed by atoms with Crippen LogP contribution in [-0.2, 0) is 5.75 Å². The number of thioether (sulfide) groups is 1. The minimum absolute atomic E-state index is 0.749. The summed E-state index contributed by atoms with van der Waals surface area (Å²) in [4.78, 5) is 4.67. The van der Waals surface area contributed by atoms with Crippen molar-refractivity contribution in [2.45, 2.75) is 10.1 Å². The fourth-order valence-corrected chi connectivity index (χ4v) is 3.98. The summed E-state index contributed by atoms with van der Waals surface area (Å²) < 4.78 is 2.19. The van der Waals surface area contributed by atoms with E-state index in [1.807, 2.05) is 24.3 Å². The van der Waals surface area contributed by atoms with E-state index in [-0.39, 0.29) is 0 Å². The van der Waals surface area contributed by atoms with Gasteiger partial charge in [0, 0.05) is 26.2 Å². The lowest BCUT2D eigenvalue weighted by Gasteiger charge is -1.99. The molecule has 0 amide bonds. The van der Waals surface area contributed by atoms with Crippen LogP contribution in [0.4, 0.5) is 0 Å². The van der Waals surface area contributed by atoms with Gasteiger partial charge in [-0.05, 0) is 29.8 Å². The molecule has 0 bridgehead atoms. The van der Waals surface area contributed by atoms with Crippen LogP contribution in [-0.4, -0.2) is 4.98 Å². The van der Waals surface area contributed by atoms with E-state index < -0.39 is 0 Å². The van der Waals surface area contributed by atoms with E-state index in [0.717, 1.165) is 30.8 Å². The molecular weight excluding hydrogens is 386 g/mol. The van der Waals surface area contributed by atoms with Gasteiger partial charge in [-0.3, -0.25) is 0 Å². The minimum Gasteiger partial charge on any atom is -0.230 e. The number of benzene rings is 2. The molecule has 3 rings (SSSR count). The first kappa shape index (κ1) is 15.1.